The second kappa shape index (κ2) is 9.78. The number of carbonyl (C=O) groups is 3. The van der Waals surface area contributed by atoms with E-state index < -0.39 is 11.9 Å². The first-order valence-corrected chi connectivity index (χ1v) is 9.75. The third-order valence-electron chi connectivity index (χ3n) is 4.89. The molecular weight excluding hydrogens is 410 g/mol. The van der Waals surface area contributed by atoms with Crippen molar-refractivity contribution in [2.45, 2.75) is 6.92 Å². The highest BCUT2D eigenvalue weighted by atomic mass is 16.5. The summed E-state index contributed by atoms with van der Waals surface area (Å²) in [5.41, 5.74) is 2.50. The summed E-state index contributed by atoms with van der Waals surface area (Å²) in [5, 5.41) is 0. The van der Waals surface area contributed by atoms with Crippen molar-refractivity contribution in [3.05, 3.63) is 94.9 Å². The van der Waals surface area contributed by atoms with Gasteiger partial charge in [-0.05, 0) is 37.3 Å². The molecule has 0 spiro atoms. The number of ketones is 1. The van der Waals surface area contributed by atoms with Gasteiger partial charge < -0.3 is 19.1 Å². The fourth-order valence-corrected chi connectivity index (χ4v) is 3.23. The molecule has 0 N–H and O–H groups in total. The molecule has 1 aliphatic heterocycles. The summed E-state index contributed by atoms with van der Waals surface area (Å²) in [6, 6.07) is 14.2. The topological polar surface area (TPSA) is 82.1 Å². The molecule has 0 saturated heterocycles. The van der Waals surface area contributed by atoms with E-state index in [0.717, 1.165) is 5.56 Å². The number of carbonyl (C=O) groups excluding carboxylic acids is 3. The van der Waals surface area contributed by atoms with E-state index in [2.05, 4.69) is 0 Å². The van der Waals surface area contributed by atoms with E-state index in [4.69, 9.17) is 14.2 Å². The van der Waals surface area contributed by atoms with Gasteiger partial charge in [0.1, 0.15) is 5.75 Å². The third kappa shape index (κ3) is 4.62. The van der Waals surface area contributed by atoms with Crippen LogP contribution in [0.5, 0.6) is 5.75 Å². The molecular formula is C25H23NO6. The van der Waals surface area contributed by atoms with Crippen molar-refractivity contribution in [1.29, 1.82) is 0 Å². The summed E-state index contributed by atoms with van der Waals surface area (Å²) in [4.78, 5) is 39.7. The van der Waals surface area contributed by atoms with Gasteiger partial charge in [0.15, 0.2) is 5.78 Å². The Hall–Kier alpha value is -4.13. The smallest absolute Gasteiger partial charge is 0.340 e. The number of nitrogens with zero attached hydrogens (tertiary/aromatic N) is 1. The van der Waals surface area contributed by atoms with Gasteiger partial charge in [-0.15, -0.1) is 0 Å². The summed E-state index contributed by atoms with van der Waals surface area (Å²) in [6.45, 7) is 1.94. The maximum atomic E-state index is 13.4. The first-order valence-electron chi connectivity index (χ1n) is 9.75. The fraction of sp³-hybridized carbons (Fsp3) is 0.160. The van der Waals surface area contributed by atoms with Gasteiger partial charge in [-0.1, -0.05) is 29.8 Å². The van der Waals surface area contributed by atoms with Crippen LogP contribution in [-0.4, -0.2) is 39.1 Å². The Labute approximate surface area is 186 Å². The Balaban J connectivity index is 2.21. The van der Waals surface area contributed by atoms with Crippen LogP contribution in [0, 0.1) is 6.92 Å². The lowest BCUT2D eigenvalue weighted by Crippen LogP contribution is -2.27. The van der Waals surface area contributed by atoms with Gasteiger partial charge in [0.2, 0.25) is 0 Å². The van der Waals surface area contributed by atoms with Crippen molar-refractivity contribution < 1.29 is 28.6 Å². The lowest BCUT2D eigenvalue weighted by molar-refractivity contribution is -0.135. The summed E-state index contributed by atoms with van der Waals surface area (Å²) in [5.74, 6) is -1.29. The summed E-state index contributed by atoms with van der Waals surface area (Å²) < 4.78 is 15.0. The normalized spacial score (nSPS) is 14.4. The van der Waals surface area contributed by atoms with Crippen LogP contribution >= 0.6 is 0 Å². The first-order chi connectivity index (χ1) is 15.4. The lowest BCUT2D eigenvalue weighted by atomic mass is 9.96. The highest BCUT2D eigenvalue weighted by Crippen LogP contribution is 2.33. The number of aryl methyl sites for hydroxylation is 1. The minimum atomic E-state index is -0.698. The number of anilines is 1. The van der Waals surface area contributed by atoms with E-state index in [1.165, 1.54) is 33.5 Å². The number of ether oxygens (including phenoxy) is 3. The molecule has 0 fully saturated rings. The molecule has 0 radical (unpaired) electrons. The van der Waals surface area contributed by atoms with Gasteiger partial charge in [0.25, 0.3) is 0 Å². The van der Waals surface area contributed by atoms with E-state index >= 15 is 0 Å². The first kappa shape index (κ1) is 22.6. The van der Waals surface area contributed by atoms with Crippen LogP contribution in [-0.2, 0) is 19.1 Å². The maximum Gasteiger partial charge on any atom is 0.340 e. The van der Waals surface area contributed by atoms with Crippen molar-refractivity contribution in [2.75, 3.05) is 26.2 Å². The second-order valence-corrected chi connectivity index (χ2v) is 6.92. The van der Waals surface area contributed by atoms with E-state index in [1.807, 2.05) is 31.2 Å². The highest BCUT2D eigenvalue weighted by Gasteiger charge is 2.29. The molecule has 32 heavy (non-hydrogen) atoms. The van der Waals surface area contributed by atoms with Gasteiger partial charge >= 0.3 is 11.9 Å². The van der Waals surface area contributed by atoms with Crippen LogP contribution in [0.1, 0.15) is 15.9 Å². The molecule has 0 unspecified atom stereocenters. The molecule has 3 rings (SSSR count). The predicted molar refractivity (Wildman–Crippen MR) is 119 cm³/mol. The minimum Gasteiger partial charge on any atom is -0.496 e. The molecule has 164 valence electrons. The van der Waals surface area contributed by atoms with E-state index in [-0.39, 0.29) is 22.6 Å². The van der Waals surface area contributed by atoms with Crippen LogP contribution < -0.4 is 9.64 Å². The number of allylic oxidation sites excluding steroid dienone is 2. The van der Waals surface area contributed by atoms with Gasteiger partial charge in [0, 0.05) is 23.5 Å². The number of hydrogen-bond acceptors (Lipinski definition) is 7. The van der Waals surface area contributed by atoms with Crippen LogP contribution in [0.3, 0.4) is 0 Å². The number of Topliss-reactive ketones (excluding diaryl/α,β-unsaturated/α-hetero) is 1. The molecule has 7 heteroatoms. The molecule has 0 aliphatic carbocycles. The Bertz CT molecular complexity index is 1140. The van der Waals surface area contributed by atoms with Gasteiger partial charge in [-0.25, -0.2) is 9.59 Å². The fourth-order valence-electron chi connectivity index (χ4n) is 3.23. The molecule has 2 aromatic carbocycles. The predicted octanol–water partition coefficient (Wildman–Crippen LogP) is 3.75. The van der Waals surface area contributed by atoms with Crippen molar-refractivity contribution in [3.8, 4) is 5.75 Å². The summed E-state index contributed by atoms with van der Waals surface area (Å²) >= 11 is 0. The zero-order valence-electron chi connectivity index (χ0n) is 18.2. The Morgan fingerprint density at radius 2 is 1.59 bits per heavy atom. The molecule has 0 amide bonds. The second-order valence-electron chi connectivity index (χ2n) is 6.92. The zero-order chi connectivity index (χ0) is 23.3. The van der Waals surface area contributed by atoms with Crippen LogP contribution in [0.15, 0.2) is 83.7 Å². The Morgan fingerprint density at radius 1 is 0.906 bits per heavy atom. The average molecular weight is 433 g/mol. The van der Waals surface area contributed by atoms with E-state index in [9.17, 15) is 14.4 Å². The largest absolute Gasteiger partial charge is 0.496 e. The molecule has 0 saturated carbocycles. The SMILES string of the molecule is COC(=O)/C=C1\C(C(=O)OC)=CC(C(=O)c2ccccc2OC)=CN1c1ccc(C)cc1. The molecule has 0 atom stereocenters. The van der Waals surface area contributed by atoms with Gasteiger partial charge in [0.05, 0.1) is 38.2 Å². The number of hydrogen-bond donors (Lipinski definition) is 0. The van der Waals surface area contributed by atoms with Gasteiger partial charge in [-0.3, -0.25) is 4.79 Å². The van der Waals surface area contributed by atoms with Crippen molar-refractivity contribution in [3.63, 3.8) is 0 Å². The molecule has 1 aliphatic rings. The number of rotatable bonds is 6. The number of methoxy groups -OCH3 is 3. The zero-order valence-corrected chi connectivity index (χ0v) is 18.2. The molecule has 1 heterocycles. The third-order valence-corrected chi connectivity index (χ3v) is 4.89. The monoisotopic (exact) mass is 433 g/mol. The van der Waals surface area contributed by atoms with Crippen LogP contribution in [0.25, 0.3) is 0 Å². The quantitative estimate of drug-likeness (QED) is 0.390. The standard InChI is InChI=1S/C25H23NO6/c1-16-9-11-18(12-10-16)26-15-17(24(28)19-7-5-6-8-22(19)30-2)13-20(25(29)32-4)21(26)14-23(27)31-3/h5-15H,1-4H3/b21-14+. The number of benzene rings is 2. The summed E-state index contributed by atoms with van der Waals surface area (Å²) in [6.07, 6.45) is 4.16. The number of para-hydroxylation sites is 1. The number of esters is 2. The molecule has 7 nitrogen and oxygen atoms in total. The molecule has 0 aromatic heterocycles. The molecule has 0 bridgehead atoms. The maximum absolute atomic E-state index is 13.4. The molecule has 2 aromatic rings. The van der Waals surface area contributed by atoms with Crippen molar-refractivity contribution >= 4 is 23.4 Å². The van der Waals surface area contributed by atoms with E-state index in [1.54, 1.807) is 35.4 Å². The van der Waals surface area contributed by atoms with Crippen LogP contribution in [0.4, 0.5) is 5.69 Å². The lowest BCUT2D eigenvalue weighted by Gasteiger charge is -2.29. The highest BCUT2D eigenvalue weighted by molar-refractivity contribution is 6.14. The van der Waals surface area contributed by atoms with Gasteiger partial charge in [-0.2, -0.15) is 0 Å². The minimum absolute atomic E-state index is 0.0409. The summed E-state index contributed by atoms with van der Waals surface area (Å²) in [7, 11) is 3.95. The Kier molecular flexibility index (Phi) is 6.90. The van der Waals surface area contributed by atoms with Crippen molar-refractivity contribution in [1.82, 2.24) is 0 Å². The Morgan fingerprint density at radius 3 is 2.22 bits per heavy atom. The average Bonchev–Trinajstić information content (AvgIpc) is 2.83. The van der Waals surface area contributed by atoms with Crippen molar-refractivity contribution in [2.24, 2.45) is 0 Å². The van der Waals surface area contributed by atoms with E-state index in [0.29, 0.717) is 17.0 Å². The van der Waals surface area contributed by atoms with Crippen LogP contribution in [0.2, 0.25) is 0 Å².